The number of nitro groups is 1. The first-order valence-corrected chi connectivity index (χ1v) is 7.10. The molecule has 20 heavy (non-hydrogen) atoms. The van der Waals surface area contributed by atoms with Gasteiger partial charge in [0.15, 0.2) is 0 Å². The van der Waals surface area contributed by atoms with Crippen LogP contribution in [0, 0.1) is 10.1 Å². The van der Waals surface area contributed by atoms with Gasteiger partial charge < -0.3 is 10.1 Å². The highest BCUT2D eigenvalue weighted by Gasteiger charge is 2.14. The summed E-state index contributed by atoms with van der Waals surface area (Å²) in [5, 5.41) is 13.1. The Hall–Kier alpha value is -1.60. The predicted octanol–water partition coefficient (Wildman–Crippen LogP) is 2.23. The largest absolute Gasteiger partial charge is 0.385 e. The molecule has 0 aliphatic carbocycles. The zero-order chi connectivity index (χ0) is 15.0. The summed E-state index contributed by atoms with van der Waals surface area (Å²) in [5.74, 6) is -0.0514. The maximum atomic E-state index is 11.8. The molecule has 0 saturated carbocycles. The van der Waals surface area contributed by atoms with Crippen LogP contribution >= 0.6 is 11.8 Å². The fraction of sp³-hybridized carbons (Fsp3) is 0.462. The molecular formula is C13H18N2O4S. The van der Waals surface area contributed by atoms with Gasteiger partial charge in [0.2, 0.25) is 5.91 Å². The molecule has 1 atom stereocenters. The molecule has 0 aromatic heterocycles. The van der Waals surface area contributed by atoms with Crippen LogP contribution in [-0.2, 0) is 9.53 Å². The summed E-state index contributed by atoms with van der Waals surface area (Å²) in [6, 6.07) is 6.17. The number of nitro benzene ring substituents is 1. The lowest BCUT2D eigenvalue weighted by atomic mass is 10.3. The van der Waals surface area contributed by atoms with Crippen LogP contribution in [-0.4, -0.2) is 36.3 Å². The Bertz CT molecular complexity index is 450. The monoisotopic (exact) mass is 298 g/mol. The van der Waals surface area contributed by atoms with Crippen molar-refractivity contribution in [3.8, 4) is 0 Å². The van der Waals surface area contributed by atoms with E-state index in [0.29, 0.717) is 13.2 Å². The molecule has 110 valence electrons. The zero-order valence-corrected chi connectivity index (χ0v) is 12.3. The summed E-state index contributed by atoms with van der Waals surface area (Å²) < 4.78 is 4.90. The van der Waals surface area contributed by atoms with Gasteiger partial charge in [-0.25, -0.2) is 0 Å². The van der Waals surface area contributed by atoms with Gasteiger partial charge in [-0.1, -0.05) is 0 Å². The predicted molar refractivity (Wildman–Crippen MR) is 77.9 cm³/mol. The fourth-order valence-corrected chi connectivity index (χ4v) is 2.37. The summed E-state index contributed by atoms with van der Waals surface area (Å²) in [7, 11) is 1.62. The van der Waals surface area contributed by atoms with E-state index in [4.69, 9.17) is 4.74 Å². The molecule has 1 N–H and O–H groups in total. The molecule has 1 rings (SSSR count). The molecule has 0 bridgehead atoms. The number of nitrogens with one attached hydrogen (secondary N) is 1. The highest BCUT2D eigenvalue weighted by Crippen LogP contribution is 2.25. The number of carbonyl (C=O) groups excluding carboxylic acids is 1. The van der Waals surface area contributed by atoms with Gasteiger partial charge in [-0.3, -0.25) is 14.9 Å². The molecule has 0 saturated heterocycles. The van der Waals surface area contributed by atoms with Crippen LogP contribution in [0.25, 0.3) is 0 Å². The highest BCUT2D eigenvalue weighted by molar-refractivity contribution is 8.00. The van der Waals surface area contributed by atoms with Gasteiger partial charge in [0.1, 0.15) is 0 Å². The molecule has 0 spiro atoms. The lowest BCUT2D eigenvalue weighted by Gasteiger charge is -2.11. The van der Waals surface area contributed by atoms with E-state index >= 15 is 0 Å². The van der Waals surface area contributed by atoms with E-state index in [9.17, 15) is 14.9 Å². The maximum Gasteiger partial charge on any atom is 0.269 e. The van der Waals surface area contributed by atoms with Gasteiger partial charge in [-0.15, -0.1) is 11.8 Å². The van der Waals surface area contributed by atoms with Crippen molar-refractivity contribution < 1.29 is 14.5 Å². The van der Waals surface area contributed by atoms with Crippen molar-refractivity contribution in [3.63, 3.8) is 0 Å². The minimum atomic E-state index is -0.444. The van der Waals surface area contributed by atoms with E-state index in [1.165, 1.54) is 23.9 Å². The molecule has 1 aromatic carbocycles. The molecule has 0 aliphatic rings. The van der Waals surface area contributed by atoms with Crippen LogP contribution in [0.15, 0.2) is 29.2 Å². The average molecular weight is 298 g/mol. The third-order valence-corrected chi connectivity index (χ3v) is 3.67. The Morgan fingerprint density at radius 3 is 2.65 bits per heavy atom. The zero-order valence-electron chi connectivity index (χ0n) is 11.5. The van der Waals surface area contributed by atoms with Crippen molar-refractivity contribution in [3.05, 3.63) is 34.4 Å². The normalized spacial score (nSPS) is 11.9. The number of methoxy groups -OCH3 is 1. The average Bonchev–Trinajstić information content (AvgIpc) is 2.44. The Kier molecular flexibility index (Phi) is 7.03. The molecule has 7 heteroatoms. The molecule has 0 heterocycles. The molecule has 1 amide bonds. The standard InChI is InChI=1S/C13H18N2O4S/c1-10(13(16)14-8-3-9-19-2)20-12-6-4-11(5-7-12)15(17)18/h4-7,10H,3,8-9H2,1-2H3,(H,14,16). The molecule has 1 unspecified atom stereocenters. The van der Waals surface area contributed by atoms with Crippen LogP contribution in [0.4, 0.5) is 5.69 Å². The third kappa shape index (κ3) is 5.58. The lowest BCUT2D eigenvalue weighted by Crippen LogP contribution is -2.32. The number of benzene rings is 1. The number of hydrogen-bond acceptors (Lipinski definition) is 5. The third-order valence-electron chi connectivity index (χ3n) is 2.55. The van der Waals surface area contributed by atoms with E-state index in [1.807, 2.05) is 0 Å². The van der Waals surface area contributed by atoms with E-state index in [-0.39, 0.29) is 16.8 Å². The fourth-order valence-electron chi connectivity index (χ4n) is 1.48. The highest BCUT2D eigenvalue weighted by atomic mass is 32.2. The Morgan fingerprint density at radius 2 is 2.10 bits per heavy atom. The molecular weight excluding hydrogens is 280 g/mol. The van der Waals surface area contributed by atoms with Gasteiger partial charge in [0, 0.05) is 37.3 Å². The number of nitrogens with zero attached hydrogens (tertiary/aromatic N) is 1. The van der Waals surface area contributed by atoms with Crippen molar-refractivity contribution >= 4 is 23.4 Å². The quantitative estimate of drug-likeness (QED) is 0.344. The van der Waals surface area contributed by atoms with Crippen molar-refractivity contribution in [2.75, 3.05) is 20.3 Å². The van der Waals surface area contributed by atoms with Crippen LogP contribution in [0.5, 0.6) is 0 Å². The smallest absolute Gasteiger partial charge is 0.269 e. The SMILES string of the molecule is COCCCNC(=O)C(C)Sc1ccc([N+](=O)[O-])cc1. The van der Waals surface area contributed by atoms with Crippen LogP contribution < -0.4 is 5.32 Å². The summed E-state index contributed by atoms with van der Waals surface area (Å²) in [5.41, 5.74) is 0.0472. The first-order chi connectivity index (χ1) is 9.54. The van der Waals surface area contributed by atoms with E-state index < -0.39 is 4.92 Å². The number of rotatable bonds is 8. The van der Waals surface area contributed by atoms with Crippen molar-refractivity contribution in [1.29, 1.82) is 0 Å². The first kappa shape index (κ1) is 16.5. The van der Waals surface area contributed by atoms with Crippen molar-refractivity contribution in [2.45, 2.75) is 23.5 Å². The number of amides is 1. The Morgan fingerprint density at radius 1 is 1.45 bits per heavy atom. The second-order valence-electron chi connectivity index (χ2n) is 4.15. The van der Waals surface area contributed by atoms with Crippen LogP contribution in [0.1, 0.15) is 13.3 Å². The Labute approximate surface area is 122 Å². The second-order valence-corrected chi connectivity index (χ2v) is 5.56. The number of carbonyl (C=O) groups is 1. The molecule has 6 nitrogen and oxygen atoms in total. The van der Waals surface area contributed by atoms with Gasteiger partial charge in [0.25, 0.3) is 5.69 Å². The summed E-state index contributed by atoms with van der Waals surface area (Å²) >= 11 is 1.37. The Balaban J connectivity index is 2.42. The van der Waals surface area contributed by atoms with E-state index in [1.54, 1.807) is 26.2 Å². The maximum absolute atomic E-state index is 11.8. The molecule has 0 fully saturated rings. The summed E-state index contributed by atoms with van der Waals surface area (Å²) in [4.78, 5) is 22.7. The summed E-state index contributed by atoms with van der Waals surface area (Å²) in [6.07, 6.45) is 0.775. The van der Waals surface area contributed by atoms with Crippen molar-refractivity contribution in [2.24, 2.45) is 0 Å². The number of thioether (sulfide) groups is 1. The van der Waals surface area contributed by atoms with Crippen LogP contribution in [0.2, 0.25) is 0 Å². The molecule has 0 radical (unpaired) electrons. The minimum absolute atomic E-state index is 0.0472. The lowest BCUT2D eigenvalue weighted by molar-refractivity contribution is -0.384. The number of non-ortho nitro benzene ring substituents is 1. The van der Waals surface area contributed by atoms with Gasteiger partial charge >= 0.3 is 0 Å². The van der Waals surface area contributed by atoms with E-state index in [2.05, 4.69) is 5.32 Å². The van der Waals surface area contributed by atoms with Crippen LogP contribution in [0.3, 0.4) is 0 Å². The second kappa shape index (κ2) is 8.55. The molecule has 1 aromatic rings. The summed E-state index contributed by atoms with van der Waals surface area (Å²) in [6.45, 7) is 3.00. The molecule has 0 aliphatic heterocycles. The first-order valence-electron chi connectivity index (χ1n) is 6.22. The van der Waals surface area contributed by atoms with E-state index in [0.717, 1.165) is 11.3 Å². The minimum Gasteiger partial charge on any atom is -0.385 e. The van der Waals surface area contributed by atoms with Gasteiger partial charge in [-0.2, -0.15) is 0 Å². The topological polar surface area (TPSA) is 81.5 Å². The number of ether oxygens (including phenoxy) is 1. The number of hydrogen-bond donors (Lipinski definition) is 1. The van der Waals surface area contributed by atoms with Gasteiger partial charge in [0.05, 0.1) is 10.2 Å². The van der Waals surface area contributed by atoms with Crippen molar-refractivity contribution in [1.82, 2.24) is 5.32 Å². The van der Waals surface area contributed by atoms with Gasteiger partial charge in [-0.05, 0) is 25.5 Å².